The Labute approximate surface area is 159 Å². The molecule has 1 aromatic carbocycles. The van der Waals surface area contributed by atoms with Crippen LogP contribution in [0.2, 0.25) is 0 Å². The number of H-pyrrole nitrogens is 2. The van der Waals surface area contributed by atoms with E-state index in [-0.39, 0.29) is 12.2 Å². The summed E-state index contributed by atoms with van der Waals surface area (Å²) >= 11 is 0. The van der Waals surface area contributed by atoms with Crippen LogP contribution >= 0.6 is 0 Å². The number of aromatic amines is 2. The molecule has 0 radical (unpaired) electrons. The van der Waals surface area contributed by atoms with E-state index in [2.05, 4.69) is 30.1 Å². The van der Waals surface area contributed by atoms with Crippen LogP contribution in [0.4, 0.5) is 0 Å². The summed E-state index contributed by atoms with van der Waals surface area (Å²) in [5, 5.41) is 8.35. The standard InChI is InChI=1S/C21H16N6O/c1-12-23-7-4-15(24-12)10-20(28)19-9-14-8-16-18(11-17(14)25-19)26-27-21(16)13-2-5-22-6-3-13/h2-9,11,26-27H,10H2,1H3. The van der Waals surface area contributed by atoms with Crippen LogP contribution in [-0.4, -0.2) is 35.9 Å². The second-order valence-corrected chi connectivity index (χ2v) is 6.65. The largest absolute Gasteiger partial charge is 0.300 e. The molecule has 0 amide bonds. The van der Waals surface area contributed by atoms with E-state index < -0.39 is 0 Å². The van der Waals surface area contributed by atoms with Gasteiger partial charge in [-0.2, -0.15) is 0 Å². The first-order valence-electron chi connectivity index (χ1n) is 8.90. The van der Waals surface area contributed by atoms with E-state index in [0.717, 1.165) is 33.1 Å². The molecule has 28 heavy (non-hydrogen) atoms. The topological polar surface area (TPSA) is 100 Å². The minimum Gasteiger partial charge on any atom is -0.300 e. The highest BCUT2D eigenvalue weighted by molar-refractivity contribution is 6.05. The lowest BCUT2D eigenvalue weighted by atomic mass is 10.1. The van der Waals surface area contributed by atoms with Gasteiger partial charge in [0.05, 0.1) is 28.8 Å². The molecule has 0 bridgehead atoms. The lowest BCUT2D eigenvalue weighted by molar-refractivity contribution is 0.0988. The van der Waals surface area contributed by atoms with Crippen molar-refractivity contribution in [1.82, 2.24) is 30.1 Å². The number of nitrogens with zero attached hydrogens (tertiary/aromatic N) is 4. The van der Waals surface area contributed by atoms with E-state index in [4.69, 9.17) is 0 Å². The first-order chi connectivity index (χ1) is 13.7. The Balaban J connectivity index is 1.53. The number of rotatable bonds is 4. The van der Waals surface area contributed by atoms with Crippen molar-refractivity contribution in [3.8, 4) is 11.3 Å². The first-order valence-corrected chi connectivity index (χ1v) is 8.90. The maximum atomic E-state index is 12.7. The first kappa shape index (κ1) is 16.3. The highest BCUT2D eigenvalue weighted by Crippen LogP contribution is 2.30. The molecule has 136 valence electrons. The summed E-state index contributed by atoms with van der Waals surface area (Å²) in [6.07, 6.45) is 5.40. The minimum atomic E-state index is -0.0566. The van der Waals surface area contributed by atoms with Gasteiger partial charge in [0.2, 0.25) is 0 Å². The van der Waals surface area contributed by atoms with Gasteiger partial charge in [0.1, 0.15) is 11.5 Å². The highest BCUT2D eigenvalue weighted by Gasteiger charge is 2.15. The lowest BCUT2D eigenvalue weighted by Gasteiger charge is -1.98. The summed E-state index contributed by atoms with van der Waals surface area (Å²) in [4.78, 5) is 29.6. The molecule has 4 aromatic heterocycles. The molecule has 7 heteroatoms. The molecule has 5 aromatic rings. The summed E-state index contributed by atoms with van der Waals surface area (Å²) in [6, 6.07) is 11.5. The van der Waals surface area contributed by atoms with E-state index in [0.29, 0.717) is 17.2 Å². The Hall–Kier alpha value is -3.87. The third-order valence-electron chi connectivity index (χ3n) is 4.72. The number of aryl methyl sites for hydroxylation is 1. The van der Waals surface area contributed by atoms with Gasteiger partial charge < -0.3 is 5.10 Å². The number of hydrogen-bond donors (Lipinski definition) is 2. The monoisotopic (exact) mass is 368 g/mol. The number of carbonyl (C=O) groups excluding carboxylic acids is 1. The Kier molecular flexibility index (Phi) is 3.72. The predicted molar refractivity (Wildman–Crippen MR) is 106 cm³/mol. The van der Waals surface area contributed by atoms with Crippen molar-refractivity contribution < 1.29 is 4.79 Å². The van der Waals surface area contributed by atoms with E-state index in [1.165, 1.54) is 0 Å². The minimum absolute atomic E-state index is 0.0566. The number of carbonyl (C=O) groups is 1. The van der Waals surface area contributed by atoms with Crippen molar-refractivity contribution in [2.75, 3.05) is 0 Å². The van der Waals surface area contributed by atoms with Crippen LogP contribution in [0.25, 0.3) is 33.1 Å². The Morgan fingerprint density at radius 1 is 1.00 bits per heavy atom. The third-order valence-corrected chi connectivity index (χ3v) is 4.72. The van der Waals surface area contributed by atoms with Gasteiger partial charge in [-0.3, -0.25) is 14.9 Å². The molecule has 0 unspecified atom stereocenters. The number of ketones is 1. The zero-order valence-electron chi connectivity index (χ0n) is 15.1. The van der Waals surface area contributed by atoms with Crippen molar-refractivity contribution in [2.24, 2.45) is 0 Å². The number of Topliss-reactive ketones (excluding diaryl/α,β-unsaturated/α-hetero) is 1. The molecule has 7 nitrogen and oxygen atoms in total. The number of aromatic nitrogens is 6. The summed E-state index contributed by atoms with van der Waals surface area (Å²) in [7, 11) is 0. The van der Waals surface area contributed by atoms with E-state index in [1.807, 2.05) is 37.3 Å². The number of benzene rings is 1. The van der Waals surface area contributed by atoms with Gasteiger partial charge in [0.15, 0.2) is 5.78 Å². The van der Waals surface area contributed by atoms with Gasteiger partial charge in [-0.1, -0.05) is 0 Å². The number of hydrogen-bond acceptors (Lipinski definition) is 5. The average Bonchev–Trinajstić information content (AvgIpc) is 3.30. The maximum Gasteiger partial charge on any atom is 0.187 e. The number of fused-ring (bicyclic) bond motifs is 2. The highest BCUT2D eigenvalue weighted by atomic mass is 16.1. The van der Waals surface area contributed by atoms with Gasteiger partial charge in [-0.05, 0) is 43.3 Å². The summed E-state index contributed by atoms with van der Waals surface area (Å²) in [5.41, 5.74) is 4.88. The van der Waals surface area contributed by atoms with Crippen molar-refractivity contribution in [3.63, 3.8) is 0 Å². The Morgan fingerprint density at radius 2 is 1.86 bits per heavy atom. The smallest absolute Gasteiger partial charge is 0.187 e. The van der Waals surface area contributed by atoms with Crippen molar-refractivity contribution in [2.45, 2.75) is 13.3 Å². The molecule has 0 saturated carbocycles. The van der Waals surface area contributed by atoms with Crippen LogP contribution in [-0.2, 0) is 6.42 Å². The molecule has 0 fully saturated rings. The fraction of sp³-hybridized carbons (Fsp3) is 0.0952. The van der Waals surface area contributed by atoms with Crippen LogP contribution in [0.5, 0.6) is 0 Å². The molecular weight excluding hydrogens is 352 g/mol. The molecule has 0 spiro atoms. The predicted octanol–water partition coefficient (Wildman–Crippen LogP) is 3.63. The molecule has 2 N–H and O–H groups in total. The molecule has 4 heterocycles. The fourth-order valence-electron chi connectivity index (χ4n) is 3.38. The van der Waals surface area contributed by atoms with Crippen molar-refractivity contribution in [3.05, 3.63) is 72.2 Å². The fourth-order valence-corrected chi connectivity index (χ4v) is 3.38. The normalized spacial score (nSPS) is 11.3. The lowest BCUT2D eigenvalue weighted by Crippen LogP contribution is -2.06. The second-order valence-electron chi connectivity index (χ2n) is 6.65. The number of pyridine rings is 1. The van der Waals surface area contributed by atoms with Crippen LogP contribution in [0, 0.1) is 6.92 Å². The van der Waals surface area contributed by atoms with Crippen LogP contribution in [0.3, 0.4) is 0 Å². The van der Waals surface area contributed by atoms with Crippen LogP contribution < -0.4 is 0 Å². The van der Waals surface area contributed by atoms with Crippen LogP contribution in [0.1, 0.15) is 22.0 Å². The SMILES string of the molecule is Cc1nccc(CC(=O)c2cc3cc4c(-c5ccncc5)[nH][nH]c4cc3n2)n1. The van der Waals surface area contributed by atoms with Gasteiger partial charge in [0, 0.05) is 34.9 Å². The summed E-state index contributed by atoms with van der Waals surface area (Å²) < 4.78 is 0. The van der Waals surface area contributed by atoms with Gasteiger partial charge >= 0.3 is 0 Å². The zero-order chi connectivity index (χ0) is 19.1. The Morgan fingerprint density at radius 3 is 2.68 bits per heavy atom. The van der Waals surface area contributed by atoms with Gasteiger partial charge in [-0.25, -0.2) is 15.0 Å². The zero-order valence-corrected chi connectivity index (χ0v) is 15.1. The second kappa shape index (κ2) is 6.38. The average molecular weight is 368 g/mol. The van der Waals surface area contributed by atoms with E-state index in [1.54, 1.807) is 24.7 Å². The van der Waals surface area contributed by atoms with Crippen LogP contribution in [0.15, 0.2) is 55.0 Å². The number of nitrogens with one attached hydrogen (secondary N) is 2. The molecule has 0 aliphatic heterocycles. The Bertz CT molecular complexity index is 1320. The van der Waals surface area contributed by atoms with E-state index in [9.17, 15) is 4.79 Å². The van der Waals surface area contributed by atoms with Gasteiger partial charge in [0.25, 0.3) is 0 Å². The van der Waals surface area contributed by atoms with Gasteiger partial charge in [-0.15, -0.1) is 0 Å². The molecule has 0 aliphatic rings. The van der Waals surface area contributed by atoms with E-state index >= 15 is 0 Å². The quantitative estimate of drug-likeness (QED) is 0.472. The van der Waals surface area contributed by atoms with Crippen molar-refractivity contribution >= 4 is 27.6 Å². The summed E-state index contributed by atoms with van der Waals surface area (Å²) in [5.74, 6) is 0.596. The molecule has 0 saturated heterocycles. The summed E-state index contributed by atoms with van der Waals surface area (Å²) in [6.45, 7) is 1.81. The van der Waals surface area contributed by atoms with Crippen molar-refractivity contribution in [1.29, 1.82) is 0 Å². The molecule has 0 atom stereocenters. The third kappa shape index (κ3) is 2.83. The maximum absolute atomic E-state index is 12.7. The molecular formula is C21H16N6O. The molecule has 5 rings (SSSR count). The molecule has 0 aliphatic carbocycles.